The molecule has 0 spiro atoms. The third-order valence-corrected chi connectivity index (χ3v) is 4.01. The molecule has 0 saturated carbocycles. The first kappa shape index (κ1) is 14.0. The molecule has 0 aliphatic carbocycles. The lowest BCUT2D eigenvalue weighted by molar-refractivity contribution is 0.415. The lowest BCUT2D eigenvalue weighted by atomic mass is 10.0. The van der Waals surface area contributed by atoms with Crippen LogP contribution in [0.25, 0.3) is 11.1 Å². The van der Waals surface area contributed by atoms with Crippen LogP contribution in [0.2, 0.25) is 0 Å². The van der Waals surface area contributed by atoms with Crippen LogP contribution in [0.1, 0.15) is 12.5 Å². The molecule has 0 amide bonds. The van der Waals surface area contributed by atoms with Crippen molar-refractivity contribution in [1.29, 1.82) is 0 Å². The highest BCUT2D eigenvalue weighted by Crippen LogP contribution is 2.33. The average molecular weight is 282 g/mol. The SMILES string of the molecule is COc1ccc(-c2ccc3c(c2)N(CC(C)N)CC3)cc1. The predicted molar refractivity (Wildman–Crippen MR) is 88.0 cm³/mol. The molecule has 1 unspecified atom stereocenters. The van der Waals surface area contributed by atoms with Crippen LogP contribution < -0.4 is 15.4 Å². The van der Waals surface area contributed by atoms with Crippen LogP contribution in [0.15, 0.2) is 42.5 Å². The van der Waals surface area contributed by atoms with Gasteiger partial charge in [-0.2, -0.15) is 0 Å². The number of ether oxygens (including phenoxy) is 1. The standard InChI is InChI=1S/C18H22N2O/c1-13(19)12-20-10-9-15-3-4-16(11-18(15)20)14-5-7-17(21-2)8-6-14/h3-8,11,13H,9-10,12,19H2,1-2H3. The summed E-state index contributed by atoms with van der Waals surface area (Å²) >= 11 is 0. The lowest BCUT2D eigenvalue weighted by Gasteiger charge is -2.22. The molecule has 1 aliphatic heterocycles. The highest BCUT2D eigenvalue weighted by molar-refractivity contribution is 5.72. The van der Waals surface area contributed by atoms with Gasteiger partial charge in [0.25, 0.3) is 0 Å². The fourth-order valence-corrected chi connectivity index (χ4v) is 2.95. The first-order chi connectivity index (χ1) is 10.2. The maximum Gasteiger partial charge on any atom is 0.118 e. The van der Waals surface area contributed by atoms with Gasteiger partial charge in [-0.3, -0.25) is 0 Å². The highest BCUT2D eigenvalue weighted by Gasteiger charge is 2.20. The maximum absolute atomic E-state index is 5.95. The monoisotopic (exact) mass is 282 g/mol. The topological polar surface area (TPSA) is 38.5 Å². The Hall–Kier alpha value is -2.00. The second-order valence-corrected chi connectivity index (χ2v) is 5.75. The molecule has 2 aromatic carbocycles. The fourth-order valence-electron chi connectivity index (χ4n) is 2.95. The molecule has 3 rings (SSSR count). The van der Waals surface area contributed by atoms with Crippen molar-refractivity contribution in [3.05, 3.63) is 48.0 Å². The Morgan fingerprint density at radius 2 is 1.86 bits per heavy atom. The molecule has 0 saturated heterocycles. The summed E-state index contributed by atoms with van der Waals surface area (Å²) in [6.07, 6.45) is 1.12. The third kappa shape index (κ3) is 2.88. The molecular formula is C18H22N2O. The number of hydrogen-bond donors (Lipinski definition) is 1. The molecular weight excluding hydrogens is 260 g/mol. The number of fused-ring (bicyclic) bond motifs is 1. The van der Waals surface area contributed by atoms with Gasteiger partial charge in [-0.15, -0.1) is 0 Å². The summed E-state index contributed by atoms with van der Waals surface area (Å²) in [5, 5.41) is 0. The normalized spacial score (nSPS) is 14.9. The van der Waals surface area contributed by atoms with Crippen molar-refractivity contribution in [3.63, 3.8) is 0 Å². The number of rotatable bonds is 4. The molecule has 3 heteroatoms. The lowest BCUT2D eigenvalue weighted by Crippen LogP contribution is -2.34. The third-order valence-electron chi connectivity index (χ3n) is 4.01. The molecule has 0 radical (unpaired) electrons. The summed E-state index contributed by atoms with van der Waals surface area (Å²) in [7, 11) is 1.69. The maximum atomic E-state index is 5.95. The summed E-state index contributed by atoms with van der Waals surface area (Å²) < 4.78 is 5.22. The first-order valence-electron chi connectivity index (χ1n) is 7.45. The zero-order valence-electron chi connectivity index (χ0n) is 12.7. The zero-order chi connectivity index (χ0) is 14.8. The van der Waals surface area contributed by atoms with Crippen molar-refractivity contribution in [2.24, 2.45) is 5.73 Å². The van der Waals surface area contributed by atoms with E-state index in [-0.39, 0.29) is 6.04 Å². The van der Waals surface area contributed by atoms with Crippen molar-refractivity contribution in [1.82, 2.24) is 0 Å². The van der Waals surface area contributed by atoms with Crippen molar-refractivity contribution in [2.45, 2.75) is 19.4 Å². The summed E-state index contributed by atoms with van der Waals surface area (Å²) in [5.74, 6) is 0.887. The van der Waals surface area contributed by atoms with E-state index < -0.39 is 0 Å². The summed E-state index contributed by atoms with van der Waals surface area (Å²) in [4.78, 5) is 2.40. The quantitative estimate of drug-likeness (QED) is 0.936. The van der Waals surface area contributed by atoms with Gasteiger partial charge in [-0.1, -0.05) is 24.3 Å². The van der Waals surface area contributed by atoms with Crippen LogP contribution in [-0.2, 0) is 6.42 Å². The Bertz CT molecular complexity index is 620. The Balaban J connectivity index is 1.91. The van der Waals surface area contributed by atoms with E-state index in [0.29, 0.717) is 0 Å². The van der Waals surface area contributed by atoms with Gasteiger partial charge in [0.1, 0.15) is 5.75 Å². The predicted octanol–water partition coefficient (Wildman–Crippen LogP) is 3.07. The van der Waals surface area contributed by atoms with Gasteiger partial charge in [0.05, 0.1) is 7.11 Å². The average Bonchev–Trinajstić information content (AvgIpc) is 2.89. The molecule has 1 aliphatic rings. The number of benzene rings is 2. The summed E-state index contributed by atoms with van der Waals surface area (Å²) in [6.45, 7) is 4.05. The van der Waals surface area contributed by atoms with E-state index in [9.17, 15) is 0 Å². The highest BCUT2D eigenvalue weighted by atomic mass is 16.5. The molecule has 2 aromatic rings. The van der Waals surface area contributed by atoms with Crippen LogP contribution in [-0.4, -0.2) is 26.2 Å². The van der Waals surface area contributed by atoms with E-state index in [1.807, 2.05) is 12.1 Å². The van der Waals surface area contributed by atoms with Gasteiger partial charge in [-0.05, 0) is 48.2 Å². The molecule has 3 nitrogen and oxygen atoms in total. The Kier molecular flexibility index (Phi) is 3.84. The van der Waals surface area contributed by atoms with E-state index in [0.717, 1.165) is 25.3 Å². The number of anilines is 1. The van der Waals surface area contributed by atoms with Gasteiger partial charge >= 0.3 is 0 Å². The van der Waals surface area contributed by atoms with Crippen LogP contribution in [0.3, 0.4) is 0 Å². The van der Waals surface area contributed by atoms with E-state index in [2.05, 4.69) is 42.2 Å². The molecule has 2 N–H and O–H groups in total. The minimum Gasteiger partial charge on any atom is -0.497 e. The van der Waals surface area contributed by atoms with Crippen LogP contribution in [0.5, 0.6) is 5.75 Å². The van der Waals surface area contributed by atoms with Crippen molar-refractivity contribution in [3.8, 4) is 16.9 Å². The molecule has 21 heavy (non-hydrogen) atoms. The molecule has 0 bridgehead atoms. The number of hydrogen-bond acceptors (Lipinski definition) is 3. The largest absolute Gasteiger partial charge is 0.497 e. The molecule has 110 valence electrons. The second-order valence-electron chi connectivity index (χ2n) is 5.75. The van der Waals surface area contributed by atoms with E-state index in [1.165, 1.54) is 22.4 Å². The van der Waals surface area contributed by atoms with E-state index >= 15 is 0 Å². The van der Waals surface area contributed by atoms with E-state index in [4.69, 9.17) is 10.5 Å². The first-order valence-corrected chi connectivity index (χ1v) is 7.45. The van der Waals surface area contributed by atoms with Gasteiger partial charge in [0.15, 0.2) is 0 Å². The molecule has 1 heterocycles. The van der Waals surface area contributed by atoms with Crippen LogP contribution in [0.4, 0.5) is 5.69 Å². The Labute approximate surface area is 126 Å². The van der Waals surface area contributed by atoms with Gasteiger partial charge in [0.2, 0.25) is 0 Å². The van der Waals surface area contributed by atoms with Crippen molar-refractivity contribution >= 4 is 5.69 Å². The van der Waals surface area contributed by atoms with Gasteiger partial charge in [0, 0.05) is 24.8 Å². The minimum absolute atomic E-state index is 0.195. The van der Waals surface area contributed by atoms with Gasteiger partial charge in [-0.25, -0.2) is 0 Å². The van der Waals surface area contributed by atoms with E-state index in [1.54, 1.807) is 7.11 Å². The molecule has 1 atom stereocenters. The minimum atomic E-state index is 0.195. The number of methoxy groups -OCH3 is 1. The van der Waals surface area contributed by atoms with Crippen LogP contribution >= 0.6 is 0 Å². The van der Waals surface area contributed by atoms with Crippen LogP contribution in [0, 0.1) is 0 Å². The second kappa shape index (κ2) is 5.78. The molecule has 0 fully saturated rings. The zero-order valence-corrected chi connectivity index (χ0v) is 12.7. The number of nitrogens with two attached hydrogens (primary N) is 1. The summed E-state index contributed by atoms with van der Waals surface area (Å²) in [6, 6.07) is 15.1. The summed E-state index contributed by atoms with van der Waals surface area (Å²) in [5.41, 5.74) is 11.2. The number of nitrogens with zero attached hydrogens (tertiary/aromatic N) is 1. The molecule has 0 aromatic heterocycles. The Morgan fingerprint density at radius 3 is 2.52 bits per heavy atom. The van der Waals surface area contributed by atoms with Crippen molar-refractivity contribution in [2.75, 3.05) is 25.1 Å². The Morgan fingerprint density at radius 1 is 1.14 bits per heavy atom. The van der Waals surface area contributed by atoms with Crippen molar-refractivity contribution < 1.29 is 4.74 Å². The smallest absolute Gasteiger partial charge is 0.118 e. The fraction of sp³-hybridized carbons (Fsp3) is 0.333. The van der Waals surface area contributed by atoms with Gasteiger partial charge < -0.3 is 15.4 Å².